The van der Waals surface area contributed by atoms with Crippen molar-refractivity contribution in [1.29, 1.82) is 0 Å². The number of nitrogens with one attached hydrogen (secondary N) is 1. The maximum atomic E-state index is 13.1. The van der Waals surface area contributed by atoms with Crippen molar-refractivity contribution in [1.82, 2.24) is 24.5 Å². The molecule has 1 aliphatic rings. The minimum atomic E-state index is -0.794. The standard InChI is InChI=1S/C22H21FN6O2.C2H6/c23-16-3-5-17(6-4-16)29-11-7-18(26-29)21(31)25-22(15-30)8-12-28(14-22)20-19-2-1-10-27(19)13-9-24-20;1-2/h1-7,9-11,13,30H,8,12,14-15H2,(H,25,31);1-2H3. The Morgan fingerprint density at radius 1 is 1.15 bits per heavy atom. The Hall–Kier alpha value is -3.72. The van der Waals surface area contributed by atoms with Crippen molar-refractivity contribution in [2.24, 2.45) is 0 Å². The van der Waals surface area contributed by atoms with Crippen molar-refractivity contribution in [3.63, 3.8) is 0 Å². The van der Waals surface area contributed by atoms with Crippen molar-refractivity contribution in [2.45, 2.75) is 25.8 Å². The maximum Gasteiger partial charge on any atom is 0.272 e. The smallest absolute Gasteiger partial charge is 0.272 e. The fourth-order valence-corrected chi connectivity index (χ4v) is 4.01. The Bertz CT molecular complexity index is 1240. The maximum absolute atomic E-state index is 13.1. The van der Waals surface area contributed by atoms with Gasteiger partial charge in [0.2, 0.25) is 0 Å². The summed E-state index contributed by atoms with van der Waals surface area (Å²) in [5.74, 6) is 0.109. The quantitative estimate of drug-likeness (QED) is 0.488. The van der Waals surface area contributed by atoms with Gasteiger partial charge in [0, 0.05) is 37.9 Å². The monoisotopic (exact) mass is 450 g/mol. The second-order valence-corrected chi connectivity index (χ2v) is 7.74. The number of carbonyl (C=O) groups is 1. The molecule has 5 rings (SSSR count). The zero-order valence-electron chi connectivity index (χ0n) is 18.6. The van der Waals surface area contributed by atoms with Gasteiger partial charge in [0.15, 0.2) is 11.5 Å². The van der Waals surface area contributed by atoms with Gasteiger partial charge < -0.3 is 19.7 Å². The molecule has 1 unspecified atom stereocenters. The molecule has 4 aromatic rings. The molecule has 0 radical (unpaired) electrons. The highest BCUT2D eigenvalue weighted by molar-refractivity contribution is 5.93. The first-order valence-corrected chi connectivity index (χ1v) is 11.0. The fourth-order valence-electron chi connectivity index (χ4n) is 4.01. The Morgan fingerprint density at radius 2 is 1.94 bits per heavy atom. The molecule has 0 spiro atoms. The average molecular weight is 451 g/mol. The third-order valence-corrected chi connectivity index (χ3v) is 5.68. The van der Waals surface area contributed by atoms with E-state index in [1.54, 1.807) is 30.6 Å². The SMILES string of the molecule is CC.O=C(NC1(CO)CCN(c2nccn3cccc23)C1)c1ccn(-c2ccc(F)cc2)n1. The zero-order chi connectivity index (χ0) is 23.4. The van der Waals surface area contributed by atoms with Crippen LogP contribution in [0.5, 0.6) is 0 Å². The molecule has 1 atom stereocenters. The molecule has 172 valence electrons. The lowest BCUT2D eigenvalue weighted by molar-refractivity contribution is 0.0849. The van der Waals surface area contributed by atoms with Gasteiger partial charge in [-0.3, -0.25) is 4.79 Å². The van der Waals surface area contributed by atoms with Gasteiger partial charge >= 0.3 is 0 Å². The molecule has 0 saturated carbocycles. The van der Waals surface area contributed by atoms with E-state index in [2.05, 4.69) is 20.3 Å². The van der Waals surface area contributed by atoms with Crippen molar-refractivity contribution >= 4 is 17.2 Å². The highest BCUT2D eigenvalue weighted by atomic mass is 19.1. The Morgan fingerprint density at radius 3 is 2.70 bits per heavy atom. The van der Waals surface area contributed by atoms with Crippen LogP contribution in [0.4, 0.5) is 10.2 Å². The summed E-state index contributed by atoms with van der Waals surface area (Å²) < 4.78 is 16.6. The van der Waals surface area contributed by atoms with E-state index in [0.29, 0.717) is 25.2 Å². The van der Waals surface area contributed by atoms with E-state index in [0.717, 1.165) is 11.3 Å². The van der Waals surface area contributed by atoms with Gasteiger partial charge in [0.05, 0.1) is 23.3 Å². The van der Waals surface area contributed by atoms with E-state index in [1.165, 1.54) is 16.8 Å². The van der Waals surface area contributed by atoms with Crippen LogP contribution in [-0.2, 0) is 0 Å². The van der Waals surface area contributed by atoms with Crippen molar-refractivity contribution in [3.05, 3.63) is 78.8 Å². The first-order valence-electron chi connectivity index (χ1n) is 11.0. The van der Waals surface area contributed by atoms with E-state index in [9.17, 15) is 14.3 Å². The lowest BCUT2D eigenvalue weighted by atomic mass is 9.99. The zero-order valence-corrected chi connectivity index (χ0v) is 18.6. The molecule has 8 nitrogen and oxygen atoms in total. The van der Waals surface area contributed by atoms with Crippen LogP contribution in [0.25, 0.3) is 11.2 Å². The number of fused-ring (bicyclic) bond motifs is 1. The summed E-state index contributed by atoms with van der Waals surface area (Å²) in [6, 6.07) is 11.4. The van der Waals surface area contributed by atoms with Crippen LogP contribution in [0, 0.1) is 5.82 Å². The van der Waals surface area contributed by atoms with Crippen LogP contribution in [0.1, 0.15) is 30.8 Å². The number of hydrogen-bond acceptors (Lipinski definition) is 5. The molecule has 1 fully saturated rings. The van der Waals surface area contributed by atoms with Gasteiger partial charge in [-0.1, -0.05) is 13.8 Å². The lowest BCUT2D eigenvalue weighted by Gasteiger charge is -2.28. The van der Waals surface area contributed by atoms with Crippen LogP contribution >= 0.6 is 0 Å². The average Bonchev–Trinajstić information content (AvgIpc) is 3.60. The van der Waals surface area contributed by atoms with E-state index in [-0.39, 0.29) is 24.0 Å². The molecular weight excluding hydrogens is 423 g/mol. The molecule has 1 saturated heterocycles. The summed E-state index contributed by atoms with van der Waals surface area (Å²) in [4.78, 5) is 19.5. The fraction of sp³-hybridized carbons (Fsp3) is 0.292. The first-order chi connectivity index (χ1) is 16.1. The largest absolute Gasteiger partial charge is 0.394 e. The summed E-state index contributed by atoms with van der Waals surface area (Å²) in [5, 5.41) is 17.4. The molecular formula is C24H27FN6O2. The van der Waals surface area contributed by atoms with Crippen molar-refractivity contribution in [3.8, 4) is 5.69 Å². The summed E-state index contributed by atoms with van der Waals surface area (Å²) in [6.45, 7) is 4.90. The number of nitrogens with zero attached hydrogens (tertiary/aromatic N) is 5. The molecule has 4 heterocycles. The third-order valence-electron chi connectivity index (χ3n) is 5.68. The molecule has 1 aliphatic heterocycles. The molecule has 9 heteroatoms. The predicted molar refractivity (Wildman–Crippen MR) is 124 cm³/mol. The van der Waals surface area contributed by atoms with Crippen molar-refractivity contribution < 1.29 is 14.3 Å². The molecule has 33 heavy (non-hydrogen) atoms. The van der Waals surface area contributed by atoms with Crippen LogP contribution in [0.3, 0.4) is 0 Å². The molecule has 2 N–H and O–H groups in total. The van der Waals surface area contributed by atoms with Gasteiger partial charge in [-0.25, -0.2) is 14.1 Å². The molecule has 3 aromatic heterocycles. The predicted octanol–water partition coefficient (Wildman–Crippen LogP) is 3.06. The number of anilines is 1. The summed E-state index contributed by atoms with van der Waals surface area (Å²) in [6.07, 6.45) is 7.80. The second-order valence-electron chi connectivity index (χ2n) is 7.74. The van der Waals surface area contributed by atoms with Gasteiger partial charge in [0.25, 0.3) is 5.91 Å². The van der Waals surface area contributed by atoms with Crippen molar-refractivity contribution in [2.75, 3.05) is 24.6 Å². The molecule has 1 amide bonds. The van der Waals surface area contributed by atoms with Gasteiger partial charge in [-0.15, -0.1) is 0 Å². The lowest BCUT2D eigenvalue weighted by Crippen LogP contribution is -2.53. The van der Waals surface area contributed by atoms with Crippen LogP contribution < -0.4 is 10.2 Å². The van der Waals surface area contributed by atoms with E-state index >= 15 is 0 Å². The normalized spacial score (nSPS) is 17.6. The highest BCUT2D eigenvalue weighted by Crippen LogP contribution is 2.28. The Kier molecular flexibility index (Phi) is 6.41. The number of amides is 1. The minimum absolute atomic E-state index is 0.196. The summed E-state index contributed by atoms with van der Waals surface area (Å²) in [7, 11) is 0. The Balaban J connectivity index is 0.00000126. The van der Waals surface area contributed by atoms with Gasteiger partial charge in [0.1, 0.15) is 5.82 Å². The molecule has 0 bridgehead atoms. The van der Waals surface area contributed by atoms with Crippen LogP contribution in [0.15, 0.2) is 67.3 Å². The molecule has 1 aromatic carbocycles. The van der Waals surface area contributed by atoms with E-state index in [1.807, 2.05) is 42.8 Å². The number of aliphatic hydroxyl groups excluding tert-OH is 1. The minimum Gasteiger partial charge on any atom is -0.394 e. The summed E-state index contributed by atoms with van der Waals surface area (Å²) >= 11 is 0. The Labute approximate surface area is 191 Å². The first kappa shape index (κ1) is 22.5. The number of aliphatic hydroxyl groups is 1. The van der Waals surface area contributed by atoms with Crippen LogP contribution in [-0.4, -0.2) is 55.4 Å². The molecule has 0 aliphatic carbocycles. The van der Waals surface area contributed by atoms with E-state index in [4.69, 9.17) is 0 Å². The highest BCUT2D eigenvalue weighted by Gasteiger charge is 2.40. The second kappa shape index (κ2) is 9.41. The van der Waals surface area contributed by atoms with E-state index < -0.39 is 5.54 Å². The third kappa shape index (κ3) is 4.45. The van der Waals surface area contributed by atoms with Gasteiger partial charge in [-0.2, -0.15) is 5.10 Å². The number of rotatable bonds is 5. The number of aromatic nitrogens is 4. The number of benzene rings is 1. The van der Waals surface area contributed by atoms with Crippen LogP contribution in [0.2, 0.25) is 0 Å². The number of carbonyl (C=O) groups excluding carboxylic acids is 1. The topological polar surface area (TPSA) is 87.7 Å². The summed E-state index contributed by atoms with van der Waals surface area (Å²) in [5.41, 5.74) is 1.05. The number of halogens is 1. The number of hydrogen-bond donors (Lipinski definition) is 2. The van der Waals surface area contributed by atoms with Gasteiger partial charge in [-0.05, 0) is 48.9 Å².